The minimum atomic E-state index is -4.48. The Morgan fingerprint density at radius 1 is 1.10 bits per heavy atom. The zero-order valence-corrected chi connectivity index (χ0v) is 22.7. The number of nitrogens with one attached hydrogen (secondary N) is 1. The molecular weight excluding hydrogens is 557 g/mol. The van der Waals surface area contributed by atoms with E-state index in [-0.39, 0.29) is 58.9 Å². The standard InChI is InChI=1S/C29H26F5N7O/c1-10-7-13(29(32,33)34)40-41(10)28-18-14-17-15(18)21(28)26(17,20(14)28)8-35-23-12-5-6-27(30,31)22(12)38-24(39-23)16-19(11-3-4-11)36-9-37-25(16)42-2/h7,9,11,14-15,17-18,20-21H,3-6,8H2,1-2H3,(H,35,38,39)/t14-,15+,17?,18?,20?,21?,26?,28?. The third kappa shape index (κ3) is 2.32. The first-order valence-electron chi connectivity index (χ1n) is 14.6. The number of hydrogen-bond donors (Lipinski definition) is 1. The molecule has 3 heterocycles. The molecule has 7 saturated carbocycles. The monoisotopic (exact) mass is 583 g/mol. The van der Waals surface area contributed by atoms with Crippen molar-refractivity contribution in [3.8, 4) is 17.3 Å². The van der Waals surface area contributed by atoms with Gasteiger partial charge in [0.05, 0.1) is 18.3 Å². The lowest BCUT2D eigenvalue weighted by Crippen LogP contribution is -3.13. The maximum absolute atomic E-state index is 15.1. The summed E-state index contributed by atoms with van der Waals surface area (Å²) < 4.78 is 77.8. The van der Waals surface area contributed by atoms with Gasteiger partial charge in [-0.3, -0.25) is 4.68 Å². The van der Waals surface area contributed by atoms with E-state index in [0.717, 1.165) is 18.9 Å². The van der Waals surface area contributed by atoms with Gasteiger partial charge in [0.2, 0.25) is 5.88 Å². The molecule has 7 fully saturated rings. The molecule has 3 aromatic rings. The van der Waals surface area contributed by atoms with Crippen molar-refractivity contribution in [2.45, 2.75) is 56.2 Å². The van der Waals surface area contributed by atoms with Gasteiger partial charge in [-0.2, -0.15) is 27.1 Å². The molecule has 0 spiro atoms. The topological polar surface area (TPSA) is 90.6 Å². The first-order chi connectivity index (χ1) is 20.0. The Morgan fingerprint density at radius 3 is 2.52 bits per heavy atom. The van der Waals surface area contributed by atoms with Crippen molar-refractivity contribution in [3.05, 3.63) is 40.7 Å². The van der Waals surface area contributed by atoms with Crippen molar-refractivity contribution in [3.63, 3.8) is 0 Å². The van der Waals surface area contributed by atoms with Crippen molar-refractivity contribution in [1.82, 2.24) is 29.7 Å². The Balaban J connectivity index is 1.01. The van der Waals surface area contributed by atoms with Crippen molar-refractivity contribution < 1.29 is 26.7 Å². The van der Waals surface area contributed by atoms with Gasteiger partial charge in [-0.1, -0.05) is 0 Å². The van der Waals surface area contributed by atoms with E-state index in [0.29, 0.717) is 58.5 Å². The van der Waals surface area contributed by atoms with Crippen molar-refractivity contribution in [1.29, 1.82) is 0 Å². The van der Waals surface area contributed by atoms with Crippen LogP contribution >= 0.6 is 0 Å². The lowest BCUT2D eigenvalue weighted by atomic mass is 8.94. The highest BCUT2D eigenvalue weighted by atomic mass is 19.4. The van der Waals surface area contributed by atoms with Gasteiger partial charge in [0, 0.05) is 35.6 Å². The zero-order chi connectivity index (χ0) is 28.7. The molecule has 13 heteroatoms. The molecular formula is C29H26F5N7O. The number of alkyl halides is 5. The van der Waals surface area contributed by atoms with Crippen LogP contribution in [0.2, 0.25) is 0 Å². The minimum absolute atomic E-state index is 0.0489. The van der Waals surface area contributed by atoms with E-state index in [4.69, 9.17) is 9.72 Å². The Kier molecular flexibility index (Phi) is 3.95. The first kappa shape index (κ1) is 24.1. The quantitative estimate of drug-likeness (QED) is 0.394. The van der Waals surface area contributed by atoms with Crippen LogP contribution in [-0.4, -0.2) is 43.4 Å². The number of halogens is 5. The summed E-state index contributed by atoms with van der Waals surface area (Å²) in [5.41, 5.74) is 0.679. The van der Waals surface area contributed by atoms with E-state index in [2.05, 4.69) is 25.4 Å². The smallest absolute Gasteiger partial charge is 0.435 e. The van der Waals surface area contributed by atoms with Crippen molar-refractivity contribution in [2.24, 2.45) is 40.9 Å². The van der Waals surface area contributed by atoms with Gasteiger partial charge in [-0.15, -0.1) is 0 Å². The van der Waals surface area contributed by atoms with E-state index in [1.165, 1.54) is 13.4 Å². The van der Waals surface area contributed by atoms with Crippen molar-refractivity contribution >= 4 is 5.82 Å². The summed E-state index contributed by atoms with van der Waals surface area (Å²) in [6.45, 7) is 2.26. The van der Waals surface area contributed by atoms with Crippen LogP contribution in [0.5, 0.6) is 5.88 Å². The van der Waals surface area contributed by atoms with Crippen LogP contribution in [0.4, 0.5) is 27.8 Å². The van der Waals surface area contributed by atoms with Crippen LogP contribution in [-0.2, 0) is 24.1 Å². The molecule has 6 unspecified atom stereocenters. The lowest BCUT2D eigenvalue weighted by Gasteiger charge is -3.11. The Morgan fingerprint density at radius 2 is 1.86 bits per heavy atom. The highest BCUT2D eigenvalue weighted by Crippen LogP contribution is 3.09. The highest BCUT2D eigenvalue weighted by Gasteiger charge is 3.10. The molecule has 0 aliphatic heterocycles. The fourth-order valence-electron chi connectivity index (χ4n) is 10.9. The number of hydrogen-bond acceptors (Lipinski definition) is 7. The summed E-state index contributed by atoms with van der Waals surface area (Å²) in [5.74, 6) is 0.433. The Bertz CT molecular complexity index is 1730. The number of rotatable bonds is 7. The van der Waals surface area contributed by atoms with Gasteiger partial charge in [-0.25, -0.2) is 19.9 Å². The maximum Gasteiger partial charge on any atom is 0.435 e. The van der Waals surface area contributed by atoms with E-state index in [9.17, 15) is 13.2 Å². The van der Waals surface area contributed by atoms with Crippen LogP contribution < -0.4 is 10.1 Å². The molecule has 8 aliphatic carbocycles. The predicted octanol–water partition coefficient (Wildman–Crippen LogP) is 4.94. The second kappa shape index (κ2) is 6.88. The maximum atomic E-state index is 15.1. The fourth-order valence-corrected chi connectivity index (χ4v) is 10.9. The van der Waals surface area contributed by atoms with Crippen LogP contribution in [0, 0.1) is 47.8 Å². The van der Waals surface area contributed by atoms with E-state index < -0.39 is 17.8 Å². The fraction of sp³-hybridized carbons (Fsp3) is 0.621. The molecule has 8 nitrogen and oxygen atoms in total. The van der Waals surface area contributed by atoms with Crippen LogP contribution in [0.3, 0.4) is 0 Å². The van der Waals surface area contributed by atoms with Crippen LogP contribution in [0.1, 0.15) is 53.5 Å². The molecule has 3 aromatic heterocycles. The first-order valence-corrected chi connectivity index (χ1v) is 14.6. The number of fused-ring (bicyclic) bond motifs is 1. The number of aromatic nitrogens is 6. The number of aryl methyl sites for hydroxylation is 1. The third-order valence-corrected chi connectivity index (χ3v) is 12.1. The largest absolute Gasteiger partial charge is 0.480 e. The number of nitrogens with zero attached hydrogens (tertiary/aromatic N) is 6. The second-order valence-electron chi connectivity index (χ2n) is 13.4. The summed E-state index contributed by atoms with van der Waals surface area (Å²) >= 11 is 0. The average molecular weight is 584 g/mol. The number of methoxy groups -OCH3 is 1. The van der Waals surface area contributed by atoms with Crippen LogP contribution in [0.25, 0.3) is 11.4 Å². The molecule has 0 amide bonds. The summed E-state index contributed by atoms with van der Waals surface area (Å²) in [7, 11) is 1.48. The minimum Gasteiger partial charge on any atom is -0.480 e. The summed E-state index contributed by atoms with van der Waals surface area (Å²) in [5, 5.41) is 7.54. The molecule has 218 valence electrons. The molecule has 1 N–H and O–H groups in total. The predicted molar refractivity (Wildman–Crippen MR) is 136 cm³/mol. The Hall–Kier alpha value is -3.38. The van der Waals surface area contributed by atoms with E-state index in [1.807, 2.05) is 0 Å². The molecule has 0 bridgehead atoms. The average Bonchev–Trinajstić information content (AvgIpc) is 3.66. The van der Waals surface area contributed by atoms with Crippen LogP contribution in [0.15, 0.2) is 12.4 Å². The molecule has 0 saturated heterocycles. The van der Waals surface area contributed by atoms with Gasteiger partial charge >= 0.3 is 6.18 Å². The second-order valence-corrected chi connectivity index (χ2v) is 13.4. The van der Waals surface area contributed by atoms with Gasteiger partial charge in [-0.05, 0) is 67.8 Å². The number of ether oxygens (including phenoxy) is 1. The SMILES string of the molecule is COc1ncnc(C2CC2)c1-c1nc(NCC23C4[C@@H]5C6[C@H]4C2C6(n2nc(C(F)(F)F)cc2C)C53)c2c(n1)C(F)(F)CC2. The van der Waals surface area contributed by atoms with Crippen molar-refractivity contribution in [2.75, 3.05) is 19.0 Å². The Labute approximate surface area is 236 Å². The normalized spacial score (nSPS) is 38.4. The van der Waals surface area contributed by atoms with E-state index in [1.54, 1.807) is 11.6 Å². The van der Waals surface area contributed by atoms with E-state index >= 15 is 8.78 Å². The lowest BCUT2D eigenvalue weighted by molar-refractivity contribution is -0.644. The molecule has 0 radical (unpaired) electrons. The highest BCUT2D eigenvalue weighted by molar-refractivity contribution is 5.69. The molecule has 11 rings (SSSR count). The molecule has 8 atom stereocenters. The number of anilines is 1. The molecule has 0 aromatic carbocycles. The molecule has 8 aliphatic rings. The summed E-state index contributed by atoms with van der Waals surface area (Å²) in [4.78, 5) is 17.9. The summed E-state index contributed by atoms with van der Waals surface area (Å²) in [6.07, 6.45) is -1.35. The van der Waals surface area contributed by atoms with Gasteiger partial charge < -0.3 is 10.1 Å². The summed E-state index contributed by atoms with van der Waals surface area (Å²) in [6, 6.07) is 1.15. The van der Waals surface area contributed by atoms with Gasteiger partial charge in [0.15, 0.2) is 11.5 Å². The van der Waals surface area contributed by atoms with Gasteiger partial charge in [0.1, 0.15) is 23.4 Å². The third-order valence-electron chi connectivity index (χ3n) is 12.1. The molecule has 42 heavy (non-hydrogen) atoms. The van der Waals surface area contributed by atoms with Gasteiger partial charge in [0.25, 0.3) is 5.92 Å². The zero-order valence-electron chi connectivity index (χ0n) is 22.7.